The molecule has 0 atom stereocenters. The second kappa shape index (κ2) is 9.00. The van der Waals surface area contributed by atoms with Crippen molar-refractivity contribution >= 4 is 6.29 Å². The Bertz CT molecular complexity index is 1120. The number of oxazole rings is 1. The van der Waals surface area contributed by atoms with Gasteiger partial charge in [-0.05, 0) is 37.3 Å². The minimum Gasteiger partial charge on any atom is -0.472 e. The molecule has 4 rings (SSSR count). The number of ether oxygens (including phenoxy) is 2. The Labute approximate surface area is 173 Å². The molecule has 0 bridgehead atoms. The van der Waals surface area contributed by atoms with E-state index < -0.39 is 0 Å². The van der Waals surface area contributed by atoms with Crippen LogP contribution >= 0.6 is 0 Å². The fourth-order valence-electron chi connectivity index (χ4n) is 2.76. The molecule has 0 aliphatic carbocycles. The lowest BCUT2D eigenvalue weighted by Gasteiger charge is -2.08. The highest BCUT2D eigenvalue weighted by atomic mass is 16.5. The lowest BCUT2D eigenvalue weighted by Crippen LogP contribution is -2.02. The van der Waals surface area contributed by atoms with Crippen molar-refractivity contribution in [3.8, 4) is 23.2 Å². The second-order valence-electron chi connectivity index (χ2n) is 6.49. The molecule has 0 spiro atoms. The largest absolute Gasteiger partial charge is 0.472 e. The van der Waals surface area contributed by atoms with Crippen LogP contribution in [0, 0.1) is 6.92 Å². The minimum atomic E-state index is 0.244. The van der Waals surface area contributed by atoms with Crippen LogP contribution in [0.1, 0.15) is 27.4 Å². The maximum Gasteiger partial charge on any atom is 0.226 e. The van der Waals surface area contributed by atoms with Gasteiger partial charge in [-0.25, -0.2) is 15.0 Å². The number of benzene rings is 1. The fourth-order valence-corrected chi connectivity index (χ4v) is 2.76. The van der Waals surface area contributed by atoms with E-state index in [0.29, 0.717) is 35.3 Å². The molecule has 4 aromatic rings. The van der Waals surface area contributed by atoms with E-state index in [1.807, 2.05) is 43.3 Å². The number of aldehydes is 1. The molecule has 0 aliphatic rings. The van der Waals surface area contributed by atoms with Gasteiger partial charge in [0.1, 0.15) is 24.7 Å². The normalized spacial score (nSPS) is 10.6. The number of nitrogens with zero attached hydrogens (tertiary/aromatic N) is 3. The molecule has 0 amide bonds. The van der Waals surface area contributed by atoms with E-state index in [1.54, 1.807) is 30.6 Å². The van der Waals surface area contributed by atoms with E-state index >= 15 is 0 Å². The predicted molar refractivity (Wildman–Crippen MR) is 109 cm³/mol. The summed E-state index contributed by atoms with van der Waals surface area (Å²) in [5.74, 6) is 2.04. The van der Waals surface area contributed by atoms with E-state index in [1.165, 1.54) is 0 Å². The van der Waals surface area contributed by atoms with Crippen LogP contribution in [-0.2, 0) is 13.2 Å². The molecule has 0 fully saturated rings. The Balaban J connectivity index is 1.35. The van der Waals surface area contributed by atoms with E-state index in [2.05, 4.69) is 15.0 Å². The quantitative estimate of drug-likeness (QED) is 0.404. The third kappa shape index (κ3) is 4.52. The number of hydrogen-bond donors (Lipinski definition) is 0. The zero-order chi connectivity index (χ0) is 20.8. The van der Waals surface area contributed by atoms with E-state index in [9.17, 15) is 4.79 Å². The molecule has 0 saturated carbocycles. The van der Waals surface area contributed by atoms with Gasteiger partial charge in [0.05, 0.1) is 5.56 Å². The van der Waals surface area contributed by atoms with Crippen LogP contribution in [-0.4, -0.2) is 21.2 Å². The fraction of sp³-hybridized carbons (Fsp3) is 0.130. The molecule has 7 heteroatoms. The number of carbonyl (C=O) groups is 1. The highest BCUT2D eigenvalue weighted by molar-refractivity contribution is 5.77. The number of aryl methyl sites for hydroxylation is 1. The van der Waals surface area contributed by atoms with Crippen molar-refractivity contribution in [1.29, 1.82) is 0 Å². The van der Waals surface area contributed by atoms with Crippen molar-refractivity contribution in [1.82, 2.24) is 15.0 Å². The molecule has 1 aromatic carbocycles. The summed E-state index contributed by atoms with van der Waals surface area (Å²) in [5.41, 5.74) is 2.87. The van der Waals surface area contributed by atoms with Gasteiger partial charge >= 0.3 is 0 Å². The third-order valence-corrected chi connectivity index (χ3v) is 4.37. The summed E-state index contributed by atoms with van der Waals surface area (Å²) in [5, 5.41) is 0. The van der Waals surface area contributed by atoms with Gasteiger partial charge in [0, 0.05) is 29.6 Å². The van der Waals surface area contributed by atoms with Gasteiger partial charge in [0.25, 0.3) is 0 Å². The van der Waals surface area contributed by atoms with Crippen LogP contribution in [0.2, 0.25) is 0 Å². The van der Waals surface area contributed by atoms with E-state index in [4.69, 9.17) is 13.9 Å². The highest BCUT2D eigenvalue weighted by Gasteiger charge is 2.12. The van der Waals surface area contributed by atoms with Crippen molar-refractivity contribution in [2.24, 2.45) is 0 Å². The van der Waals surface area contributed by atoms with Crippen molar-refractivity contribution in [3.63, 3.8) is 0 Å². The minimum absolute atomic E-state index is 0.244. The predicted octanol–water partition coefficient (Wildman–Crippen LogP) is 4.41. The molecular formula is C23H19N3O4. The molecule has 0 N–H and O–H groups in total. The lowest BCUT2D eigenvalue weighted by atomic mass is 10.2. The number of aromatic nitrogens is 3. The number of hydrogen-bond acceptors (Lipinski definition) is 7. The van der Waals surface area contributed by atoms with E-state index in [-0.39, 0.29) is 13.2 Å². The summed E-state index contributed by atoms with van der Waals surface area (Å²) >= 11 is 0. The maximum absolute atomic E-state index is 11.0. The molecule has 3 aromatic heterocycles. The zero-order valence-electron chi connectivity index (χ0n) is 16.3. The SMILES string of the molecule is Cc1oc(-c2ccccc2)nc1COc1ccc(COc2ncccc2C=O)cn1. The summed E-state index contributed by atoms with van der Waals surface area (Å²) in [6, 6.07) is 16.6. The monoisotopic (exact) mass is 401 g/mol. The number of rotatable bonds is 8. The molecule has 30 heavy (non-hydrogen) atoms. The molecule has 150 valence electrons. The van der Waals surface area contributed by atoms with Crippen LogP contribution in [0.4, 0.5) is 0 Å². The van der Waals surface area contributed by atoms with Gasteiger partial charge in [-0.3, -0.25) is 4.79 Å². The highest BCUT2D eigenvalue weighted by Crippen LogP contribution is 2.22. The Hall–Kier alpha value is -4.00. The van der Waals surface area contributed by atoms with Crippen LogP contribution in [0.15, 0.2) is 71.4 Å². The molecule has 0 saturated heterocycles. The summed E-state index contributed by atoms with van der Waals surface area (Å²) in [7, 11) is 0. The first-order chi connectivity index (χ1) is 14.7. The summed E-state index contributed by atoms with van der Waals surface area (Å²) in [6.45, 7) is 2.35. The topological polar surface area (TPSA) is 87.3 Å². The smallest absolute Gasteiger partial charge is 0.226 e. The van der Waals surface area contributed by atoms with Gasteiger partial charge < -0.3 is 13.9 Å². The van der Waals surface area contributed by atoms with Crippen LogP contribution < -0.4 is 9.47 Å². The number of carbonyl (C=O) groups excluding carboxylic acids is 1. The summed E-state index contributed by atoms with van der Waals surface area (Å²) in [4.78, 5) is 23.9. The second-order valence-corrected chi connectivity index (χ2v) is 6.49. The third-order valence-electron chi connectivity index (χ3n) is 4.37. The van der Waals surface area contributed by atoms with Crippen LogP contribution in [0.3, 0.4) is 0 Å². The van der Waals surface area contributed by atoms with Crippen molar-refractivity contribution in [2.45, 2.75) is 20.1 Å². The Morgan fingerprint density at radius 1 is 0.967 bits per heavy atom. The molecule has 0 aliphatic heterocycles. The van der Waals surface area contributed by atoms with Crippen molar-refractivity contribution < 1.29 is 18.7 Å². The Morgan fingerprint density at radius 3 is 2.60 bits per heavy atom. The molecule has 0 unspecified atom stereocenters. The first-order valence-electron chi connectivity index (χ1n) is 9.35. The summed E-state index contributed by atoms with van der Waals surface area (Å²) in [6.07, 6.45) is 3.95. The van der Waals surface area contributed by atoms with Gasteiger partial charge in [0.15, 0.2) is 6.29 Å². The number of pyridine rings is 2. The molecule has 0 radical (unpaired) electrons. The maximum atomic E-state index is 11.0. The average Bonchev–Trinajstić information content (AvgIpc) is 3.18. The van der Waals surface area contributed by atoms with Crippen LogP contribution in [0.25, 0.3) is 11.5 Å². The van der Waals surface area contributed by atoms with Gasteiger partial charge in [-0.2, -0.15) is 0 Å². The van der Waals surface area contributed by atoms with Crippen molar-refractivity contribution in [3.05, 3.63) is 89.6 Å². The Kier molecular flexibility index (Phi) is 5.80. The lowest BCUT2D eigenvalue weighted by molar-refractivity contribution is 0.111. The first-order valence-corrected chi connectivity index (χ1v) is 9.35. The average molecular weight is 401 g/mol. The standard InChI is InChI=1S/C23H19N3O4/c1-16-20(26-23(30-16)18-6-3-2-4-7-18)15-28-21-10-9-17(12-25-21)14-29-22-19(13-27)8-5-11-24-22/h2-13H,14-15H2,1H3. The molecule has 3 heterocycles. The molecular weight excluding hydrogens is 382 g/mol. The van der Waals surface area contributed by atoms with Gasteiger partial charge in [0.2, 0.25) is 17.7 Å². The Morgan fingerprint density at radius 2 is 1.83 bits per heavy atom. The van der Waals surface area contributed by atoms with E-state index in [0.717, 1.165) is 16.8 Å². The molecule has 7 nitrogen and oxygen atoms in total. The first kappa shape index (κ1) is 19.3. The van der Waals surface area contributed by atoms with Crippen LogP contribution in [0.5, 0.6) is 11.8 Å². The zero-order valence-corrected chi connectivity index (χ0v) is 16.3. The van der Waals surface area contributed by atoms with Gasteiger partial charge in [-0.1, -0.05) is 18.2 Å². The van der Waals surface area contributed by atoms with Crippen molar-refractivity contribution in [2.75, 3.05) is 0 Å². The van der Waals surface area contributed by atoms with Gasteiger partial charge in [-0.15, -0.1) is 0 Å². The summed E-state index contributed by atoms with van der Waals surface area (Å²) < 4.78 is 17.1.